The summed E-state index contributed by atoms with van der Waals surface area (Å²) in [6, 6.07) is 6.00. The van der Waals surface area contributed by atoms with E-state index in [-0.39, 0.29) is 5.91 Å². The van der Waals surface area contributed by atoms with E-state index in [1.165, 1.54) is 5.56 Å². The molecule has 0 radical (unpaired) electrons. The molecule has 4 nitrogen and oxygen atoms in total. The largest absolute Gasteiger partial charge is 0.464 e. The van der Waals surface area contributed by atoms with E-state index in [9.17, 15) is 9.90 Å². The highest BCUT2D eigenvalue weighted by atomic mass is 16.6. The van der Waals surface area contributed by atoms with E-state index in [4.69, 9.17) is 4.74 Å². The average Bonchev–Trinajstić information content (AvgIpc) is 3.07. The van der Waals surface area contributed by atoms with Gasteiger partial charge in [0.25, 0.3) is 0 Å². The Bertz CT molecular complexity index is 500. The minimum atomic E-state index is -0.701. The third kappa shape index (κ3) is 2.45. The number of hydrogen-bond acceptors (Lipinski definition) is 3. The smallest absolute Gasteiger partial charge is 0.219 e. The van der Waals surface area contributed by atoms with Crippen LogP contribution in [-0.2, 0) is 11.2 Å². The van der Waals surface area contributed by atoms with Gasteiger partial charge in [0, 0.05) is 24.9 Å². The summed E-state index contributed by atoms with van der Waals surface area (Å²) in [5.74, 6) is 1.96. The maximum atomic E-state index is 11.3. The summed E-state index contributed by atoms with van der Waals surface area (Å²) in [6.07, 6.45) is 1.53. The third-order valence-electron chi connectivity index (χ3n) is 4.02. The van der Waals surface area contributed by atoms with Gasteiger partial charge < -0.3 is 15.2 Å². The maximum absolute atomic E-state index is 11.3. The summed E-state index contributed by atoms with van der Waals surface area (Å²) in [6.45, 7) is 2.62. The summed E-state index contributed by atoms with van der Waals surface area (Å²) >= 11 is 0. The van der Waals surface area contributed by atoms with Crippen LogP contribution >= 0.6 is 0 Å². The Morgan fingerprint density at radius 1 is 1.53 bits per heavy atom. The minimum Gasteiger partial charge on any atom is -0.464 e. The molecule has 3 rings (SSSR count). The molecule has 2 aliphatic rings. The van der Waals surface area contributed by atoms with Crippen molar-refractivity contribution < 1.29 is 14.6 Å². The van der Waals surface area contributed by atoms with Crippen LogP contribution in [0, 0.1) is 5.92 Å². The Morgan fingerprint density at radius 3 is 3.16 bits per heavy atom. The molecule has 1 fully saturated rings. The van der Waals surface area contributed by atoms with Crippen LogP contribution < -0.4 is 10.1 Å². The molecular weight excluding hydrogens is 242 g/mol. The summed E-state index contributed by atoms with van der Waals surface area (Å²) < 4.78 is 5.36. The number of hydrogen-bond donors (Lipinski definition) is 2. The first-order valence-corrected chi connectivity index (χ1v) is 6.92. The van der Waals surface area contributed by atoms with Crippen LogP contribution in [0.4, 0.5) is 0 Å². The maximum Gasteiger partial charge on any atom is 0.219 e. The van der Waals surface area contributed by atoms with Gasteiger partial charge in [-0.25, -0.2) is 0 Å². The first-order chi connectivity index (χ1) is 9.19. The highest BCUT2D eigenvalue weighted by molar-refractivity contribution is 5.75. The molecule has 1 aliphatic carbocycles. The number of benzene rings is 1. The van der Waals surface area contributed by atoms with Crippen LogP contribution in [0.2, 0.25) is 0 Å². The molecule has 1 amide bonds. The van der Waals surface area contributed by atoms with Crippen LogP contribution in [0.5, 0.6) is 5.75 Å². The molecule has 1 saturated carbocycles. The molecule has 1 heterocycles. The van der Waals surface area contributed by atoms with Gasteiger partial charge in [-0.15, -0.1) is 0 Å². The predicted molar refractivity (Wildman–Crippen MR) is 70.9 cm³/mol. The molecule has 0 bridgehead atoms. The Labute approximate surface area is 112 Å². The number of ether oxygens (including phenoxy) is 1. The van der Waals surface area contributed by atoms with Gasteiger partial charge in [-0.1, -0.05) is 19.1 Å². The molecule has 4 heteroatoms. The number of nitrogens with one attached hydrogen (secondary N) is 1. The number of aliphatic hydroxyl groups excluding tert-OH is 1. The number of fused-ring (bicyclic) bond motifs is 1. The first-order valence-electron chi connectivity index (χ1n) is 6.92. The lowest BCUT2D eigenvalue weighted by atomic mass is 10.00. The van der Waals surface area contributed by atoms with E-state index < -0.39 is 6.29 Å². The molecule has 0 spiro atoms. The quantitative estimate of drug-likeness (QED) is 0.865. The normalized spacial score (nSPS) is 27.6. The Morgan fingerprint density at radius 2 is 2.37 bits per heavy atom. The molecular formula is C15H19NO3. The molecule has 2 N–H and O–H groups in total. The third-order valence-corrected chi connectivity index (χ3v) is 4.02. The highest BCUT2D eigenvalue weighted by Gasteiger charge is 2.41. The standard InChI is InChI=1S/C15H19NO3/c1-2-14(17)16-8-9-6-11(9)10-4-3-5-13-12(10)7-15(18)19-13/h3-5,9,11,15,18H,2,6-8H2,1H3,(H,16,17)/t9-,11-,15+/m0/s1. The second kappa shape index (κ2) is 4.85. The fourth-order valence-corrected chi connectivity index (χ4v) is 2.85. The van der Waals surface area contributed by atoms with Gasteiger partial charge in [0.2, 0.25) is 12.2 Å². The molecule has 102 valence electrons. The van der Waals surface area contributed by atoms with Crippen molar-refractivity contribution in [2.45, 2.75) is 38.4 Å². The molecule has 1 aromatic rings. The monoisotopic (exact) mass is 261 g/mol. The van der Waals surface area contributed by atoms with E-state index >= 15 is 0 Å². The zero-order valence-electron chi connectivity index (χ0n) is 11.1. The molecule has 0 unspecified atom stereocenters. The number of rotatable bonds is 4. The Hall–Kier alpha value is -1.55. The fourth-order valence-electron chi connectivity index (χ4n) is 2.85. The second-order valence-corrected chi connectivity index (χ2v) is 5.36. The van der Waals surface area contributed by atoms with Gasteiger partial charge in [0.05, 0.1) is 0 Å². The Kier molecular flexibility index (Phi) is 3.19. The molecule has 3 atom stereocenters. The van der Waals surface area contributed by atoms with Gasteiger partial charge in [-0.3, -0.25) is 4.79 Å². The molecule has 0 aromatic heterocycles. The predicted octanol–water partition coefficient (Wildman–Crippen LogP) is 1.57. The lowest BCUT2D eigenvalue weighted by Gasteiger charge is -2.07. The summed E-state index contributed by atoms with van der Waals surface area (Å²) in [5.41, 5.74) is 2.43. The van der Waals surface area contributed by atoms with Crippen molar-refractivity contribution in [3.8, 4) is 5.75 Å². The van der Waals surface area contributed by atoms with Crippen molar-refractivity contribution in [3.05, 3.63) is 29.3 Å². The van der Waals surface area contributed by atoms with Gasteiger partial charge in [-0.2, -0.15) is 0 Å². The number of amides is 1. The van der Waals surface area contributed by atoms with E-state index in [1.54, 1.807) is 0 Å². The molecule has 1 aromatic carbocycles. The van der Waals surface area contributed by atoms with Crippen molar-refractivity contribution in [1.29, 1.82) is 0 Å². The van der Waals surface area contributed by atoms with E-state index in [0.717, 1.165) is 24.3 Å². The zero-order chi connectivity index (χ0) is 13.4. The zero-order valence-corrected chi connectivity index (χ0v) is 11.1. The van der Waals surface area contributed by atoms with E-state index in [0.29, 0.717) is 24.7 Å². The second-order valence-electron chi connectivity index (χ2n) is 5.36. The molecule has 1 aliphatic heterocycles. The SMILES string of the molecule is CCC(=O)NC[C@@H]1C[C@@H]1c1cccc2c1C[C@H](O)O2. The van der Waals surface area contributed by atoms with Crippen LogP contribution in [0.15, 0.2) is 18.2 Å². The van der Waals surface area contributed by atoms with Crippen molar-refractivity contribution in [2.24, 2.45) is 5.92 Å². The molecule has 0 saturated heterocycles. The van der Waals surface area contributed by atoms with E-state index in [1.807, 2.05) is 19.1 Å². The number of carbonyl (C=O) groups is 1. The van der Waals surface area contributed by atoms with Crippen molar-refractivity contribution in [3.63, 3.8) is 0 Å². The molecule has 19 heavy (non-hydrogen) atoms. The summed E-state index contributed by atoms with van der Waals surface area (Å²) in [5, 5.41) is 12.5. The lowest BCUT2D eigenvalue weighted by Crippen LogP contribution is -2.24. The van der Waals surface area contributed by atoms with Gasteiger partial charge in [0.15, 0.2) is 0 Å². The van der Waals surface area contributed by atoms with Crippen molar-refractivity contribution >= 4 is 5.91 Å². The fraction of sp³-hybridized carbons (Fsp3) is 0.533. The highest BCUT2D eigenvalue weighted by Crippen LogP contribution is 2.50. The number of carbonyl (C=O) groups excluding carboxylic acids is 1. The Balaban J connectivity index is 1.66. The van der Waals surface area contributed by atoms with E-state index in [2.05, 4.69) is 11.4 Å². The number of aliphatic hydroxyl groups is 1. The average molecular weight is 261 g/mol. The minimum absolute atomic E-state index is 0.114. The summed E-state index contributed by atoms with van der Waals surface area (Å²) in [4.78, 5) is 11.3. The van der Waals surface area contributed by atoms with Crippen molar-refractivity contribution in [1.82, 2.24) is 5.32 Å². The van der Waals surface area contributed by atoms with Crippen LogP contribution in [-0.4, -0.2) is 23.8 Å². The van der Waals surface area contributed by atoms with Crippen LogP contribution in [0.1, 0.15) is 36.8 Å². The van der Waals surface area contributed by atoms with Crippen molar-refractivity contribution in [2.75, 3.05) is 6.54 Å². The van der Waals surface area contributed by atoms with Gasteiger partial charge >= 0.3 is 0 Å². The van der Waals surface area contributed by atoms with Crippen LogP contribution in [0.25, 0.3) is 0 Å². The lowest BCUT2D eigenvalue weighted by molar-refractivity contribution is -0.120. The van der Waals surface area contributed by atoms with Gasteiger partial charge in [-0.05, 0) is 29.9 Å². The first kappa shape index (κ1) is 12.5. The van der Waals surface area contributed by atoms with Crippen LogP contribution in [0.3, 0.4) is 0 Å². The topological polar surface area (TPSA) is 58.6 Å². The van der Waals surface area contributed by atoms with Gasteiger partial charge in [0.1, 0.15) is 5.75 Å². The summed E-state index contributed by atoms with van der Waals surface area (Å²) in [7, 11) is 0.